The van der Waals surface area contributed by atoms with Crippen LogP contribution in [-0.4, -0.2) is 22.3 Å². The van der Waals surface area contributed by atoms with Crippen molar-refractivity contribution in [3.8, 4) is 0 Å². The lowest BCUT2D eigenvalue weighted by atomic mass is 10.2. The molecule has 5 heteroatoms. The van der Waals surface area contributed by atoms with Crippen molar-refractivity contribution >= 4 is 23.6 Å². The van der Waals surface area contributed by atoms with Crippen LogP contribution in [0.5, 0.6) is 0 Å². The van der Waals surface area contributed by atoms with Crippen molar-refractivity contribution in [1.82, 2.24) is 4.98 Å². The summed E-state index contributed by atoms with van der Waals surface area (Å²) in [5, 5.41) is 8.88. The highest BCUT2D eigenvalue weighted by Crippen LogP contribution is 2.23. The molecule has 0 radical (unpaired) electrons. The molecule has 0 aliphatic heterocycles. The Balaban J connectivity index is 2.31. The van der Waals surface area contributed by atoms with Crippen molar-refractivity contribution < 1.29 is 9.90 Å². The molecular weight excluding hydrogens is 230 g/mol. The van der Waals surface area contributed by atoms with Crippen molar-refractivity contribution in [3.63, 3.8) is 0 Å². The number of aromatic nitrogens is 1. The average molecular weight is 241 g/mol. The number of pyridine rings is 1. The highest BCUT2D eigenvalue weighted by atomic mass is 16.4. The molecule has 2 rings (SSSR count). The van der Waals surface area contributed by atoms with Gasteiger partial charge >= 0.3 is 5.97 Å². The number of carboxylic acids is 1. The molecular formula is C13H11N3O2. The van der Waals surface area contributed by atoms with Crippen molar-refractivity contribution in [3.05, 3.63) is 53.9 Å². The van der Waals surface area contributed by atoms with Crippen LogP contribution in [-0.2, 0) is 0 Å². The second kappa shape index (κ2) is 5.09. The number of rotatable bonds is 3. The fourth-order valence-electron chi connectivity index (χ4n) is 1.38. The van der Waals surface area contributed by atoms with Gasteiger partial charge in [-0.15, -0.1) is 0 Å². The zero-order valence-corrected chi connectivity index (χ0v) is 9.45. The number of carbonyl (C=O) groups is 1. The number of aliphatic imine (C=N–C) groups is 1. The van der Waals surface area contributed by atoms with Crippen molar-refractivity contribution in [2.75, 3.05) is 5.73 Å². The smallest absolute Gasteiger partial charge is 0.335 e. The third kappa shape index (κ3) is 2.70. The first-order valence-corrected chi connectivity index (χ1v) is 5.24. The minimum absolute atomic E-state index is 0.158. The van der Waals surface area contributed by atoms with E-state index in [0.717, 1.165) is 5.56 Å². The molecule has 0 saturated heterocycles. The summed E-state index contributed by atoms with van der Waals surface area (Å²) in [5.41, 5.74) is 7.63. The Morgan fingerprint density at radius 3 is 2.67 bits per heavy atom. The molecule has 5 nitrogen and oxygen atoms in total. The molecule has 18 heavy (non-hydrogen) atoms. The minimum Gasteiger partial charge on any atom is -0.478 e. The summed E-state index contributed by atoms with van der Waals surface area (Å²) in [6.45, 7) is 0. The molecule has 0 spiro atoms. The lowest BCUT2D eigenvalue weighted by Gasteiger charge is -2.01. The Kier molecular flexibility index (Phi) is 3.33. The van der Waals surface area contributed by atoms with Crippen LogP contribution >= 0.6 is 0 Å². The maximum absolute atomic E-state index is 10.8. The van der Waals surface area contributed by atoms with Crippen molar-refractivity contribution in [2.45, 2.75) is 0 Å². The molecule has 3 N–H and O–H groups in total. The van der Waals surface area contributed by atoms with E-state index in [-0.39, 0.29) is 5.56 Å². The Morgan fingerprint density at radius 2 is 2.00 bits per heavy atom. The summed E-state index contributed by atoms with van der Waals surface area (Å²) >= 11 is 0. The number of nitrogen functional groups attached to an aromatic ring is 1. The van der Waals surface area contributed by atoms with E-state index in [2.05, 4.69) is 9.98 Å². The summed E-state index contributed by atoms with van der Waals surface area (Å²) in [6, 6.07) is 8.00. The standard InChI is InChI=1S/C13H11N3O2/c14-11-2-1-10(13(17)18)7-12(11)16-8-9-3-5-15-6-4-9/h1-8H,14H2,(H,17,18). The average Bonchev–Trinajstić information content (AvgIpc) is 2.38. The van der Waals surface area contributed by atoms with E-state index < -0.39 is 5.97 Å². The van der Waals surface area contributed by atoms with Gasteiger partial charge in [0, 0.05) is 18.6 Å². The molecule has 0 aliphatic carbocycles. The van der Waals surface area contributed by atoms with Gasteiger partial charge in [0.15, 0.2) is 0 Å². The highest BCUT2D eigenvalue weighted by molar-refractivity contribution is 5.91. The second-order valence-corrected chi connectivity index (χ2v) is 3.62. The molecule has 0 saturated carbocycles. The van der Waals surface area contributed by atoms with Gasteiger partial charge in [-0.2, -0.15) is 0 Å². The first-order chi connectivity index (χ1) is 8.66. The number of hydrogen-bond donors (Lipinski definition) is 2. The van der Waals surface area contributed by atoms with Crippen LogP contribution in [0.2, 0.25) is 0 Å². The predicted octanol–water partition coefficient (Wildman–Crippen LogP) is 2.11. The number of anilines is 1. The summed E-state index contributed by atoms with van der Waals surface area (Å²) < 4.78 is 0. The number of carboxylic acid groups (broad SMARTS) is 1. The number of aromatic carboxylic acids is 1. The first kappa shape index (κ1) is 11.8. The van der Waals surface area contributed by atoms with E-state index in [1.165, 1.54) is 18.2 Å². The number of benzene rings is 1. The van der Waals surface area contributed by atoms with Crippen LogP contribution in [0.25, 0.3) is 0 Å². The third-order valence-electron chi connectivity index (χ3n) is 2.34. The van der Waals surface area contributed by atoms with Crippen molar-refractivity contribution in [1.29, 1.82) is 0 Å². The van der Waals surface area contributed by atoms with Crippen molar-refractivity contribution in [2.24, 2.45) is 4.99 Å². The fraction of sp³-hybridized carbons (Fsp3) is 0. The topological polar surface area (TPSA) is 88.6 Å². The quantitative estimate of drug-likeness (QED) is 0.636. The lowest BCUT2D eigenvalue weighted by Crippen LogP contribution is -1.97. The van der Waals surface area contributed by atoms with Crippen LogP contribution in [0.3, 0.4) is 0 Å². The fourth-order valence-corrected chi connectivity index (χ4v) is 1.38. The van der Waals surface area contributed by atoms with Gasteiger partial charge in [-0.3, -0.25) is 9.98 Å². The van der Waals surface area contributed by atoms with Crippen LogP contribution in [0.15, 0.2) is 47.7 Å². The van der Waals surface area contributed by atoms with Gasteiger partial charge in [0.1, 0.15) is 0 Å². The molecule has 0 unspecified atom stereocenters. The summed E-state index contributed by atoms with van der Waals surface area (Å²) in [7, 11) is 0. The van der Waals surface area contributed by atoms with Crippen LogP contribution < -0.4 is 5.73 Å². The van der Waals surface area contributed by atoms with Gasteiger partial charge in [0.05, 0.1) is 16.9 Å². The zero-order chi connectivity index (χ0) is 13.0. The number of nitrogens with two attached hydrogens (primary N) is 1. The summed E-state index contributed by atoms with van der Waals surface area (Å²) in [6.07, 6.45) is 4.91. The summed E-state index contributed by atoms with van der Waals surface area (Å²) in [5.74, 6) is -1.00. The Labute approximate surface area is 104 Å². The second-order valence-electron chi connectivity index (χ2n) is 3.62. The first-order valence-electron chi connectivity index (χ1n) is 5.24. The molecule has 0 amide bonds. The van der Waals surface area contributed by atoms with Gasteiger partial charge in [-0.1, -0.05) is 0 Å². The van der Waals surface area contributed by atoms with E-state index in [1.54, 1.807) is 30.7 Å². The molecule has 1 aromatic carbocycles. The maximum Gasteiger partial charge on any atom is 0.335 e. The third-order valence-corrected chi connectivity index (χ3v) is 2.34. The van der Waals surface area contributed by atoms with E-state index in [9.17, 15) is 4.79 Å². The van der Waals surface area contributed by atoms with Crippen LogP contribution in [0.4, 0.5) is 11.4 Å². The van der Waals surface area contributed by atoms with Crippen LogP contribution in [0.1, 0.15) is 15.9 Å². The van der Waals surface area contributed by atoms with E-state index in [0.29, 0.717) is 11.4 Å². The van der Waals surface area contributed by atoms with Gasteiger partial charge in [0.2, 0.25) is 0 Å². The van der Waals surface area contributed by atoms with E-state index in [4.69, 9.17) is 10.8 Å². The molecule has 0 fully saturated rings. The zero-order valence-electron chi connectivity index (χ0n) is 9.45. The molecule has 0 aliphatic rings. The molecule has 2 aromatic rings. The minimum atomic E-state index is -1.00. The lowest BCUT2D eigenvalue weighted by molar-refractivity contribution is 0.0697. The molecule has 0 bridgehead atoms. The number of nitrogens with zero attached hydrogens (tertiary/aromatic N) is 2. The SMILES string of the molecule is Nc1ccc(C(=O)O)cc1N=Cc1ccncc1. The number of hydrogen-bond acceptors (Lipinski definition) is 4. The monoisotopic (exact) mass is 241 g/mol. The van der Waals surface area contributed by atoms with Gasteiger partial charge in [0.25, 0.3) is 0 Å². The van der Waals surface area contributed by atoms with E-state index in [1.807, 2.05) is 0 Å². The van der Waals surface area contributed by atoms with Crippen LogP contribution in [0, 0.1) is 0 Å². The maximum atomic E-state index is 10.8. The van der Waals surface area contributed by atoms with Gasteiger partial charge < -0.3 is 10.8 Å². The Bertz CT molecular complexity index is 594. The molecule has 1 aromatic heterocycles. The Morgan fingerprint density at radius 1 is 1.28 bits per heavy atom. The molecule has 0 atom stereocenters. The largest absolute Gasteiger partial charge is 0.478 e. The van der Waals surface area contributed by atoms with Gasteiger partial charge in [-0.05, 0) is 35.9 Å². The predicted molar refractivity (Wildman–Crippen MR) is 69.3 cm³/mol. The summed E-state index contributed by atoms with van der Waals surface area (Å²) in [4.78, 5) is 18.9. The normalized spacial score (nSPS) is 10.7. The highest BCUT2D eigenvalue weighted by Gasteiger charge is 2.05. The molecule has 1 heterocycles. The van der Waals surface area contributed by atoms with E-state index >= 15 is 0 Å². The Hall–Kier alpha value is -2.69. The van der Waals surface area contributed by atoms with Gasteiger partial charge in [-0.25, -0.2) is 4.79 Å². The molecule has 90 valence electrons.